The fourth-order valence-electron chi connectivity index (χ4n) is 3.09. The van der Waals surface area contributed by atoms with Crippen molar-refractivity contribution in [1.82, 2.24) is 9.97 Å². The third kappa shape index (κ3) is 2.58. The van der Waals surface area contributed by atoms with Gasteiger partial charge in [-0.25, -0.2) is 8.78 Å². The SMILES string of the molecule is COc1ccccc1-c1ccnc2c(-c3c(F)cccc3F)nccc12. The summed E-state index contributed by atoms with van der Waals surface area (Å²) in [5, 5.41) is 0.740. The minimum atomic E-state index is -0.672. The normalized spacial score (nSPS) is 10.9. The minimum Gasteiger partial charge on any atom is -0.496 e. The highest BCUT2D eigenvalue weighted by atomic mass is 19.1. The number of fused-ring (bicyclic) bond motifs is 1. The van der Waals surface area contributed by atoms with Crippen molar-refractivity contribution in [3.63, 3.8) is 0 Å². The lowest BCUT2D eigenvalue weighted by Gasteiger charge is -2.13. The molecule has 0 aliphatic carbocycles. The van der Waals surface area contributed by atoms with Crippen LogP contribution in [-0.4, -0.2) is 17.1 Å². The molecule has 0 fully saturated rings. The maximum absolute atomic E-state index is 14.3. The summed E-state index contributed by atoms with van der Waals surface area (Å²) in [4.78, 5) is 8.55. The quantitative estimate of drug-likeness (QED) is 0.507. The average Bonchev–Trinajstić information content (AvgIpc) is 2.67. The molecule has 0 saturated heterocycles. The maximum Gasteiger partial charge on any atom is 0.135 e. The van der Waals surface area contributed by atoms with E-state index in [9.17, 15) is 8.78 Å². The molecule has 0 aliphatic rings. The monoisotopic (exact) mass is 348 g/mol. The molecule has 4 rings (SSSR count). The van der Waals surface area contributed by atoms with Crippen LogP contribution < -0.4 is 4.74 Å². The number of hydrogen-bond donors (Lipinski definition) is 0. The zero-order chi connectivity index (χ0) is 18.1. The Hall–Kier alpha value is -3.34. The van der Waals surface area contributed by atoms with Crippen molar-refractivity contribution in [2.24, 2.45) is 0 Å². The van der Waals surface area contributed by atoms with Gasteiger partial charge in [0, 0.05) is 23.3 Å². The van der Waals surface area contributed by atoms with E-state index in [4.69, 9.17) is 4.74 Å². The molecule has 0 atom stereocenters. The molecule has 26 heavy (non-hydrogen) atoms. The molecule has 0 radical (unpaired) electrons. The molecular formula is C21H14F2N2O. The molecule has 2 aromatic heterocycles. The second-order valence-corrected chi connectivity index (χ2v) is 5.71. The lowest BCUT2D eigenvalue weighted by molar-refractivity contribution is 0.416. The Morgan fingerprint density at radius 2 is 1.50 bits per heavy atom. The van der Waals surface area contributed by atoms with E-state index in [0.29, 0.717) is 11.3 Å². The zero-order valence-corrected chi connectivity index (χ0v) is 13.9. The van der Waals surface area contributed by atoms with Crippen molar-refractivity contribution in [2.75, 3.05) is 7.11 Å². The molecule has 5 heteroatoms. The number of aromatic nitrogens is 2. The summed E-state index contributed by atoms with van der Waals surface area (Å²) in [7, 11) is 1.60. The zero-order valence-electron chi connectivity index (χ0n) is 13.9. The van der Waals surface area contributed by atoms with Gasteiger partial charge in [-0.2, -0.15) is 0 Å². The van der Waals surface area contributed by atoms with E-state index in [2.05, 4.69) is 9.97 Å². The van der Waals surface area contributed by atoms with E-state index in [-0.39, 0.29) is 11.3 Å². The van der Waals surface area contributed by atoms with E-state index >= 15 is 0 Å². The molecular weight excluding hydrogens is 334 g/mol. The van der Waals surface area contributed by atoms with Crippen molar-refractivity contribution in [2.45, 2.75) is 0 Å². The van der Waals surface area contributed by atoms with E-state index in [1.165, 1.54) is 24.4 Å². The lowest BCUT2D eigenvalue weighted by Crippen LogP contribution is -1.96. The van der Waals surface area contributed by atoms with Crippen LogP contribution in [-0.2, 0) is 0 Å². The van der Waals surface area contributed by atoms with Crippen molar-refractivity contribution in [3.8, 4) is 28.1 Å². The summed E-state index contributed by atoms with van der Waals surface area (Å²) in [5.74, 6) is -0.639. The van der Waals surface area contributed by atoms with Crippen molar-refractivity contribution in [3.05, 3.63) is 78.6 Å². The third-order valence-electron chi connectivity index (χ3n) is 4.26. The van der Waals surface area contributed by atoms with Gasteiger partial charge in [0.15, 0.2) is 0 Å². The Balaban J connectivity index is 2.04. The van der Waals surface area contributed by atoms with Gasteiger partial charge < -0.3 is 4.74 Å². The highest BCUT2D eigenvalue weighted by molar-refractivity contribution is 6.01. The van der Waals surface area contributed by atoms with Crippen LogP contribution in [0.4, 0.5) is 8.78 Å². The van der Waals surface area contributed by atoms with Crippen LogP contribution >= 0.6 is 0 Å². The Morgan fingerprint density at radius 3 is 2.27 bits per heavy atom. The first-order chi connectivity index (χ1) is 12.7. The second-order valence-electron chi connectivity index (χ2n) is 5.71. The largest absolute Gasteiger partial charge is 0.496 e. The van der Waals surface area contributed by atoms with Gasteiger partial charge in [-0.05, 0) is 35.9 Å². The number of rotatable bonds is 3. The summed E-state index contributed by atoms with van der Waals surface area (Å²) in [6.45, 7) is 0. The molecule has 0 amide bonds. The smallest absolute Gasteiger partial charge is 0.135 e. The fourth-order valence-corrected chi connectivity index (χ4v) is 3.09. The van der Waals surface area contributed by atoms with Gasteiger partial charge in [-0.15, -0.1) is 0 Å². The number of hydrogen-bond acceptors (Lipinski definition) is 3. The molecule has 4 aromatic rings. The topological polar surface area (TPSA) is 35.0 Å². The second kappa shape index (κ2) is 6.52. The van der Waals surface area contributed by atoms with Gasteiger partial charge in [0.2, 0.25) is 0 Å². The van der Waals surface area contributed by atoms with Gasteiger partial charge in [0.1, 0.15) is 23.1 Å². The van der Waals surface area contributed by atoms with Crippen molar-refractivity contribution >= 4 is 10.9 Å². The number of pyridine rings is 2. The van der Waals surface area contributed by atoms with Gasteiger partial charge in [0.25, 0.3) is 0 Å². The standard InChI is InChI=1S/C21H14F2N2O/c1-26-18-8-3-2-5-14(18)13-9-11-24-20-15(13)10-12-25-21(20)19-16(22)6-4-7-17(19)23/h2-12H,1H3. The lowest BCUT2D eigenvalue weighted by atomic mass is 9.99. The van der Waals surface area contributed by atoms with E-state index in [1.54, 1.807) is 19.4 Å². The Bertz CT molecular complexity index is 1090. The fraction of sp³-hybridized carbons (Fsp3) is 0.0476. The van der Waals surface area contributed by atoms with Crippen LogP contribution in [0, 0.1) is 11.6 Å². The molecule has 0 saturated carbocycles. The Labute approximate surface area is 148 Å². The Kier molecular flexibility index (Phi) is 4.05. The maximum atomic E-state index is 14.3. The first-order valence-corrected chi connectivity index (χ1v) is 8.02. The first kappa shape index (κ1) is 16.1. The molecule has 3 nitrogen and oxygen atoms in total. The average molecular weight is 348 g/mol. The molecule has 0 unspecified atom stereocenters. The Morgan fingerprint density at radius 1 is 0.769 bits per heavy atom. The predicted octanol–water partition coefficient (Wildman–Crippen LogP) is 5.25. The van der Waals surface area contributed by atoms with Crippen molar-refractivity contribution in [1.29, 1.82) is 0 Å². The van der Waals surface area contributed by atoms with Crippen LogP contribution in [0.15, 0.2) is 67.0 Å². The number of methoxy groups -OCH3 is 1. The number of halogens is 2. The third-order valence-corrected chi connectivity index (χ3v) is 4.26. The molecule has 2 aromatic carbocycles. The van der Waals surface area contributed by atoms with Gasteiger partial charge >= 0.3 is 0 Å². The van der Waals surface area contributed by atoms with Crippen LogP contribution in [0.2, 0.25) is 0 Å². The van der Waals surface area contributed by atoms with Crippen molar-refractivity contribution < 1.29 is 13.5 Å². The molecule has 0 bridgehead atoms. The molecule has 128 valence electrons. The number of nitrogens with zero attached hydrogens (tertiary/aromatic N) is 2. The number of para-hydroxylation sites is 1. The van der Waals surface area contributed by atoms with E-state index in [1.807, 2.05) is 30.3 Å². The van der Waals surface area contributed by atoms with Gasteiger partial charge in [-0.3, -0.25) is 9.97 Å². The van der Waals surface area contributed by atoms with Crippen LogP contribution in [0.5, 0.6) is 5.75 Å². The van der Waals surface area contributed by atoms with E-state index < -0.39 is 11.6 Å². The van der Waals surface area contributed by atoms with E-state index in [0.717, 1.165) is 16.5 Å². The minimum absolute atomic E-state index is 0.176. The first-order valence-electron chi connectivity index (χ1n) is 8.02. The summed E-state index contributed by atoms with van der Waals surface area (Å²) in [6.07, 6.45) is 3.14. The van der Waals surface area contributed by atoms with Gasteiger partial charge in [0.05, 0.1) is 18.2 Å². The highest BCUT2D eigenvalue weighted by Crippen LogP contribution is 2.37. The van der Waals surface area contributed by atoms with Crippen LogP contribution in [0.25, 0.3) is 33.3 Å². The number of ether oxygens (including phenoxy) is 1. The van der Waals surface area contributed by atoms with Gasteiger partial charge in [-0.1, -0.05) is 24.3 Å². The predicted molar refractivity (Wildman–Crippen MR) is 96.9 cm³/mol. The summed E-state index contributed by atoms with van der Waals surface area (Å²) in [6, 6.07) is 15.0. The molecule has 0 aliphatic heterocycles. The molecule has 0 N–H and O–H groups in total. The molecule has 0 spiro atoms. The van der Waals surface area contributed by atoms with Crippen LogP contribution in [0.1, 0.15) is 0 Å². The highest BCUT2D eigenvalue weighted by Gasteiger charge is 2.18. The number of benzene rings is 2. The molecule has 2 heterocycles. The van der Waals surface area contributed by atoms with Crippen LogP contribution in [0.3, 0.4) is 0 Å². The summed E-state index contributed by atoms with van der Waals surface area (Å²) >= 11 is 0. The summed E-state index contributed by atoms with van der Waals surface area (Å²) in [5.41, 5.74) is 2.15. The summed E-state index contributed by atoms with van der Waals surface area (Å²) < 4.78 is 34.0.